The van der Waals surface area contributed by atoms with Crippen molar-refractivity contribution in [1.29, 1.82) is 0 Å². The molecule has 1 amide bonds. The highest BCUT2D eigenvalue weighted by Crippen LogP contribution is 2.24. The van der Waals surface area contributed by atoms with E-state index in [-0.39, 0.29) is 17.8 Å². The van der Waals surface area contributed by atoms with Gasteiger partial charge >= 0.3 is 0 Å². The molecule has 7 nitrogen and oxygen atoms in total. The quantitative estimate of drug-likeness (QED) is 0.467. The van der Waals surface area contributed by atoms with E-state index >= 15 is 0 Å². The molecule has 3 aromatic rings. The van der Waals surface area contributed by atoms with Gasteiger partial charge in [-0.3, -0.25) is 20.2 Å². The van der Waals surface area contributed by atoms with E-state index in [0.29, 0.717) is 23.5 Å². The first-order valence-corrected chi connectivity index (χ1v) is 12.1. The van der Waals surface area contributed by atoms with E-state index in [1.54, 1.807) is 11.2 Å². The highest BCUT2D eigenvalue weighted by atomic mass is 32.2. The highest BCUT2D eigenvalue weighted by Gasteiger charge is 2.24. The van der Waals surface area contributed by atoms with E-state index in [2.05, 4.69) is 21.0 Å². The van der Waals surface area contributed by atoms with Gasteiger partial charge < -0.3 is 4.90 Å². The second-order valence-corrected chi connectivity index (χ2v) is 9.33. The van der Waals surface area contributed by atoms with Gasteiger partial charge in [-0.05, 0) is 56.0 Å². The molecule has 1 aliphatic heterocycles. The lowest BCUT2D eigenvalue weighted by Gasteiger charge is -2.18. The maximum Gasteiger partial charge on any atom is 0.232 e. The van der Waals surface area contributed by atoms with Crippen LogP contribution in [0.1, 0.15) is 36.4 Å². The SMILES string of the molecule is Cc1ccc(-n2cnnc2SCC(=O)N(C)CCCC2CC(c3ccc(F)cc3)NN2)cc1. The van der Waals surface area contributed by atoms with Crippen LogP contribution in [0, 0.1) is 12.7 Å². The molecule has 0 aliphatic carbocycles. The van der Waals surface area contributed by atoms with E-state index in [0.717, 1.165) is 30.5 Å². The summed E-state index contributed by atoms with van der Waals surface area (Å²) >= 11 is 1.40. The predicted molar refractivity (Wildman–Crippen MR) is 128 cm³/mol. The van der Waals surface area contributed by atoms with Crippen molar-refractivity contribution in [1.82, 2.24) is 30.5 Å². The van der Waals surface area contributed by atoms with Crippen LogP contribution in [0.3, 0.4) is 0 Å². The molecule has 2 heterocycles. The molecule has 1 aromatic heterocycles. The van der Waals surface area contributed by atoms with Crippen molar-refractivity contribution < 1.29 is 9.18 Å². The predicted octanol–water partition coefficient (Wildman–Crippen LogP) is 3.65. The topological polar surface area (TPSA) is 75.1 Å². The van der Waals surface area contributed by atoms with Gasteiger partial charge in [-0.2, -0.15) is 0 Å². The fourth-order valence-corrected chi connectivity index (χ4v) is 4.74. The number of hydrogen-bond donors (Lipinski definition) is 2. The van der Waals surface area contributed by atoms with Gasteiger partial charge in [-0.15, -0.1) is 10.2 Å². The fourth-order valence-electron chi connectivity index (χ4n) is 3.87. The number of carbonyl (C=O) groups excluding carboxylic acids is 1. The Morgan fingerprint density at radius 2 is 1.94 bits per heavy atom. The van der Waals surface area contributed by atoms with Crippen LogP contribution in [0.4, 0.5) is 4.39 Å². The number of nitrogens with zero attached hydrogens (tertiary/aromatic N) is 4. The third-order valence-electron chi connectivity index (χ3n) is 5.88. The summed E-state index contributed by atoms with van der Waals surface area (Å²) in [5, 5.41) is 8.87. The zero-order valence-electron chi connectivity index (χ0n) is 18.9. The number of rotatable bonds is 9. The van der Waals surface area contributed by atoms with Gasteiger partial charge in [0.1, 0.15) is 12.1 Å². The van der Waals surface area contributed by atoms with Gasteiger partial charge in [0, 0.05) is 31.4 Å². The number of hydrogen-bond acceptors (Lipinski definition) is 6. The summed E-state index contributed by atoms with van der Waals surface area (Å²) in [6.07, 6.45) is 4.47. The first-order valence-electron chi connectivity index (χ1n) is 11.1. The molecule has 2 unspecified atom stereocenters. The Labute approximate surface area is 197 Å². The number of nitrogens with one attached hydrogen (secondary N) is 2. The molecule has 1 aliphatic rings. The van der Waals surface area contributed by atoms with Gasteiger partial charge in [0.15, 0.2) is 5.16 Å². The fraction of sp³-hybridized carbons (Fsp3) is 0.375. The number of hydrazine groups is 1. The second kappa shape index (κ2) is 10.9. The average molecular weight is 469 g/mol. The van der Waals surface area contributed by atoms with E-state index in [9.17, 15) is 9.18 Å². The highest BCUT2D eigenvalue weighted by molar-refractivity contribution is 7.99. The van der Waals surface area contributed by atoms with Crippen molar-refractivity contribution in [3.8, 4) is 5.69 Å². The summed E-state index contributed by atoms with van der Waals surface area (Å²) < 4.78 is 15.0. The standard InChI is InChI=1S/C24H29FN6OS/c1-17-5-11-21(12-6-17)31-16-26-29-24(31)33-15-23(32)30(2)13-3-4-20-14-22(28-27-20)18-7-9-19(25)10-8-18/h5-12,16,20,22,27-28H,3-4,13-15H2,1-2H3. The summed E-state index contributed by atoms with van der Waals surface area (Å²) in [4.78, 5) is 14.4. The molecular weight excluding hydrogens is 439 g/mol. The van der Waals surface area contributed by atoms with Crippen molar-refractivity contribution in [2.45, 2.75) is 43.4 Å². The maximum absolute atomic E-state index is 13.1. The van der Waals surface area contributed by atoms with Crippen molar-refractivity contribution in [2.24, 2.45) is 0 Å². The molecule has 4 rings (SSSR count). The smallest absolute Gasteiger partial charge is 0.232 e. The van der Waals surface area contributed by atoms with Gasteiger partial charge in [0.2, 0.25) is 5.91 Å². The van der Waals surface area contributed by atoms with Crippen molar-refractivity contribution >= 4 is 17.7 Å². The first kappa shape index (κ1) is 23.4. The number of thioether (sulfide) groups is 1. The van der Waals surface area contributed by atoms with Gasteiger partial charge in [-0.1, -0.05) is 41.6 Å². The van der Waals surface area contributed by atoms with E-state index in [1.807, 2.05) is 54.9 Å². The number of aromatic nitrogens is 3. The zero-order chi connectivity index (χ0) is 23.2. The Morgan fingerprint density at radius 3 is 2.70 bits per heavy atom. The van der Waals surface area contributed by atoms with Gasteiger partial charge in [0.05, 0.1) is 5.75 Å². The molecule has 174 valence electrons. The molecule has 0 bridgehead atoms. The van der Waals surface area contributed by atoms with Crippen LogP contribution in [0.5, 0.6) is 0 Å². The van der Waals surface area contributed by atoms with Crippen LogP contribution in [-0.2, 0) is 4.79 Å². The molecule has 0 spiro atoms. The summed E-state index contributed by atoms with van der Waals surface area (Å²) in [6.45, 7) is 2.74. The monoisotopic (exact) mass is 468 g/mol. The van der Waals surface area contributed by atoms with Gasteiger partial charge in [0.25, 0.3) is 0 Å². The van der Waals surface area contributed by atoms with Crippen molar-refractivity contribution in [3.63, 3.8) is 0 Å². The zero-order valence-corrected chi connectivity index (χ0v) is 19.7. The summed E-state index contributed by atoms with van der Waals surface area (Å²) in [7, 11) is 1.84. The molecule has 9 heteroatoms. The lowest BCUT2D eigenvalue weighted by atomic mass is 10.00. The van der Waals surface area contributed by atoms with Crippen molar-refractivity contribution in [2.75, 3.05) is 19.3 Å². The molecule has 2 N–H and O–H groups in total. The lowest BCUT2D eigenvalue weighted by molar-refractivity contribution is -0.127. The number of carbonyl (C=O) groups is 1. The normalized spacial score (nSPS) is 17.9. The number of aryl methyl sites for hydroxylation is 1. The molecule has 0 saturated carbocycles. The Morgan fingerprint density at radius 1 is 1.18 bits per heavy atom. The summed E-state index contributed by atoms with van der Waals surface area (Å²) in [5.74, 6) is 0.166. The van der Waals surface area contributed by atoms with Crippen LogP contribution in [-0.4, -0.2) is 51.0 Å². The molecule has 33 heavy (non-hydrogen) atoms. The van der Waals surface area contributed by atoms with Crippen LogP contribution >= 0.6 is 11.8 Å². The third-order valence-corrected chi connectivity index (χ3v) is 6.81. The van der Waals surface area contributed by atoms with Crippen LogP contribution < -0.4 is 10.9 Å². The van der Waals surface area contributed by atoms with Gasteiger partial charge in [-0.25, -0.2) is 4.39 Å². The maximum atomic E-state index is 13.1. The summed E-state index contributed by atoms with van der Waals surface area (Å²) in [6, 6.07) is 15.2. The minimum atomic E-state index is -0.220. The second-order valence-electron chi connectivity index (χ2n) is 8.39. The number of benzene rings is 2. The van der Waals surface area contributed by atoms with E-state index in [1.165, 1.54) is 29.5 Å². The molecule has 0 radical (unpaired) electrons. The average Bonchev–Trinajstić information content (AvgIpc) is 3.48. The van der Waals surface area contributed by atoms with Crippen LogP contribution in [0.25, 0.3) is 5.69 Å². The van der Waals surface area contributed by atoms with Crippen molar-refractivity contribution in [3.05, 3.63) is 71.8 Å². The molecular formula is C24H29FN6OS. The van der Waals surface area contributed by atoms with E-state index < -0.39 is 0 Å². The lowest BCUT2D eigenvalue weighted by Crippen LogP contribution is -2.33. The Kier molecular flexibility index (Phi) is 7.74. The largest absolute Gasteiger partial charge is 0.345 e. The molecule has 2 atom stereocenters. The minimum Gasteiger partial charge on any atom is -0.345 e. The van der Waals surface area contributed by atoms with Crippen LogP contribution in [0.2, 0.25) is 0 Å². The number of halogens is 1. The van der Waals surface area contributed by atoms with Crippen LogP contribution in [0.15, 0.2) is 60.0 Å². The molecule has 1 fully saturated rings. The molecule has 1 saturated heterocycles. The van der Waals surface area contributed by atoms with E-state index in [4.69, 9.17) is 0 Å². The third kappa shape index (κ3) is 6.19. The Bertz CT molecular complexity index is 1060. The first-order chi connectivity index (χ1) is 16.0. The minimum absolute atomic E-state index is 0.0696. The Hall–Kier alpha value is -2.75. The Balaban J connectivity index is 1.19. The number of amides is 1. The molecule has 2 aromatic carbocycles. The summed E-state index contributed by atoms with van der Waals surface area (Å²) in [5.41, 5.74) is 9.85.